The van der Waals surface area contributed by atoms with Crippen LogP contribution in [0.1, 0.15) is 20.8 Å². The normalized spacial score (nSPS) is 11.5. The van der Waals surface area contributed by atoms with Gasteiger partial charge in [-0.3, -0.25) is 4.79 Å². The van der Waals surface area contributed by atoms with Crippen LogP contribution < -0.4 is 10.6 Å². The second-order valence-electron chi connectivity index (χ2n) is 4.48. The van der Waals surface area contributed by atoms with E-state index in [2.05, 4.69) is 10.6 Å². The van der Waals surface area contributed by atoms with Gasteiger partial charge >= 0.3 is 0 Å². The first-order valence-electron chi connectivity index (χ1n) is 5.56. The molecule has 0 fully saturated rings. The van der Waals surface area contributed by atoms with Crippen molar-refractivity contribution >= 4 is 5.91 Å². The maximum absolute atomic E-state index is 11.2. The summed E-state index contributed by atoms with van der Waals surface area (Å²) in [4.78, 5) is 11.2. The monoisotopic (exact) mass is 232 g/mol. The molecule has 1 amide bonds. The predicted octanol–water partition coefficient (Wildman–Crippen LogP) is 0.154. The number of amides is 1. The Balaban J connectivity index is 3.28. The Morgan fingerprint density at radius 1 is 1.19 bits per heavy atom. The lowest BCUT2D eigenvalue weighted by Crippen LogP contribution is -2.37. The minimum Gasteiger partial charge on any atom is -0.383 e. The van der Waals surface area contributed by atoms with Gasteiger partial charge in [0.1, 0.15) is 0 Å². The van der Waals surface area contributed by atoms with Gasteiger partial charge < -0.3 is 20.1 Å². The minimum atomic E-state index is -0.123. The van der Waals surface area contributed by atoms with Crippen LogP contribution in [0.2, 0.25) is 0 Å². The fourth-order valence-corrected chi connectivity index (χ4v) is 0.986. The first-order chi connectivity index (χ1) is 7.45. The molecule has 2 N–H and O–H groups in total. The van der Waals surface area contributed by atoms with Gasteiger partial charge in [-0.2, -0.15) is 0 Å². The van der Waals surface area contributed by atoms with Crippen LogP contribution in [0.5, 0.6) is 0 Å². The molecular formula is C11H24N2O3. The average Bonchev–Trinajstić information content (AvgIpc) is 2.16. The number of carbonyl (C=O) groups is 1. The van der Waals surface area contributed by atoms with Crippen LogP contribution in [0, 0.1) is 0 Å². The maximum Gasteiger partial charge on any atom is 0.234 e. The van der Waals surface area contributed by atoms with Gasteiger partial charge in [0, 0.05) is 20.2 Å². The number of methoxy groups -OCH3 is 1. The van der Waals surface area contributed by atoms with E-state index in [1.54, 1.807) is 7.11 Å². The molecule has 0 aliphatic carbocycles. The van der Waals surface area contributed by atoms with Crippen molar-refractivity contribution in [3.8, 4) is 0 Å². The van der Waals surface area contributed by atoms with E-state index in [0.29, 0.717) is 32.8 Å². The van der Waals surface area contributed by atoms with Gasteiger partial charge in [0.05, 0.1) is 25.4 Å². The number of nitrogens with one attached hydrogen (secondary N) is 2. The van der Waals surface area contributed by atoms with Gasteiger partial charge in [0.2, 0.25) is 5.91 Å². The maximum atomic E-state index is 11.2. The highest BCUT2D eigenvalue weighted by Crippen LogP contribution is 2.04. The standard InChI is InChI=1S/C11H24N2O3/c1-11(2,3)16-8-5-12-9-10(14)13-6-7-15-4/h12H,5-9H2,1-4H3,(H,13,14). The summed E-state index contributed by atoms with van der Waals surface area (Å²) in [6, 6.07) is 0. The second-order valence-corrected chi connectivity index (χ2v) is 4.48. The molecule has 5 nitrogen and oxygen atoms in total. The predicted molar refractivity (Wildman–Crippen MR) is 63.5 cm³/mol. The molecule has 0 rings (SSSR count). The van der Waals surface area contributed by atoms with Crippen LogP contribution in [-0.4, -0.2) is 51.5 Å². The van der Waals surface area contributed by atoms with E-state index in [1.807, 2.05) is 20.8 Å². The van der Waals surface area contributed by atoms with E-state index < -0.39 is 0 Å². The van der Waals surface area contributed by atoms with Gasteiger partial charge in [-0.1, -0.05) is 0 Å². The topological polar surface area (TPSA) is 59.6 Å². The molecule has 0 radical (unpaired) electrons. The Labute approximate surface area is 97.9 Å². The van der Waals surface area contributed by atoms with E-state index >= 15 is 0 Å². The minimum absolute atomic E-state index is 0.0205. The zero-order valence-electron chi connectivity index (χ0n) is 10.8. The van der Waals surface area contributed by atoms with E-state index in [0.717, 1.165) is 0 Å². The molecule has 0 atom stereocenters. The second kappa shape index (κ2) is 8.50. The fourth-order valence-electron chi connectivity index (χ4n) is 0.986. The van der Waals surface area contributed by atoms with Crippen LogP contribution in [0.25, 0.3) is 0 Å². The van der Waals surface area contributed by atoms with Crippen molar-refractivity contribution in [3.63, 3.8) is 0 Å². The molecule has 0 aromatic carbocycles. The number of carbonyl (C=O) groups excluding carboxylic acids is 1. The van der Waals surface area contributed by atoms with Crippen molar-refractivity contribution in [1.29, 1.82) is 0 Å². The SMILES string of the molecule is COCCNC(=O)CNCCOC(C)(C)C. The van der Waals surface area contributed by atoms with Gasteiger partial charge in [0.15, 0.2) is 0 Å². The zero-order chi connectivity index (χ0) is 12.4. The molecule has 0 saturated carbocycles. The van der Waals surface area contributed by atoms with Crippen LogP contribution in [0.3, 0.4) is 0 Å². The van der Waals surface area contributed by atoms with Crippen molar-refractivity contribution in [2.24, 2.45) is 0 Å². The molecule has 0 heterocycles. The molecule has 0 aliphatic rings. The third kappa shape index (κ3) is 11.4. The summed E-state index contributed by atoms with van der Waals surface area (Å²) in [7, 11) is 1.61. The van der Waals surface area contributed by atoms with E-state index in [-0.39, 0.29) is 11.5 Å². The number of hydrogen-bond donors (Lipinski definition) is 2. The third-order valence-electron chi connectivity index (χ3n) is 1.73. The molecule has 5 heteroatoms. The Morgan fingerprint density at radius 3 is 2.44 bits per heavy atom. The lowest BCUT2D eigenvalue weighted by Gasteiger charge is -2.19. The van der Waals surface area contributed by atoms with Crippen LogP contribution in [0.15, 0.2) is 0 Å². The van der Waals surface area contributed by atoms with Crippen molar-refractivity contribution in [2.75, 3.05) is 40.0 Å². The highest BCUT2D eigenvalue weighted by Gasteiger charge is 2.08. The van der Waals surface area contributed by atoms with Gasteiger partial charge in [-0.15, -0.1) is 0 Å². The molecule has 0 bridgehead atoms. The van der Waals surface area contributed by atoms with Crippen LogP contribution in [0.4, 0.5) is 0 Å². The Morgan fingerprint density at radius 2 is 1.88 bits per heavy atom. The summed E-state index contributed by atoms with van der Waals surface area (Å²) in [5.74, 6) is -0.0205. The first kappa shape index (κ1) is 15.3. The Hall–Kier alpha value is -0.650. The van der Waals surface area contributed by atoms with Crippen molar-refractivity contribution in [1.82, 2.24) is 10.6 Å². The Bertz CT molecular complexity index is 190. The average molecular weight is 232 g/mol. The molecule has 0 spiro atoms. The van der Waals surface area contributed by atoms with Crippen molar-refractivity contribution < 1.29 is 14.3 Å². The molecule has 0 aliphatic heterocycles. The molecule has 0 saturated heterocycles. The number of rotatable bonds is 8. The summed E-state index contributed by atoms with van der Waals surface area (Å²) in [5, 5.41) is 5.73. The van der Waals surface area contributed by atoms with Crippen LogP contribution >= 0.6 is 0 Å². The fraction of sp³-hybridized carbons (Fsp3) is 0.909. The summed E-state index contributed by atoms with van der Waals surface area (Å²) in [6.45, 7) is 8.70. The van der Waals surface area contributed by atoms with Crippen molar-refractivity contribution in [3.05, 3.63) is 0 Å². The lowest BCUT2D eigenvalue weighted by atomic mass is 10.2. The van der Waals surface area contributed by atoms with Gasteiger partial charge in [-0.05, 0) is 20.8 Å². The van der Waals surface area contributed by atoms with Crippen molar-refractivity contribution in [2.45, 2.75) is 26.4 Å². The van der Waals surface area contributed by atoms with E-state index in [4.69, 9.17) is 9.47 Å². The summed E-state index contributed by atoms with van der Waals surface area (Å²) in [6.07, 6.45) is 0. The Kier molecular flexibility index (Phi) is 8.15. The summed E-state index contributed by atoms with van der Waals surface area (Å²) >= 11 is 0. The summed E-state index contributed by atoms with van der Waals surface area (Å²) < 4.78 is 10.3. The van der Waals surface area contributed by atoms with E-state index in [1.165, 1.54) is 0 Å². The quantitative estimate of drug-likeness (QED) is 0.585. The van der Waals surface area contributed by atoms with Gasteiger partial charge in [0.25, 0.3) is 0 Å². The summed E-state index contributed by atoms with van der Waals surface area (Å²) in [5.41, 5.74) is -0.123. The first-order valence-corrected chi connectivity index (χ1v) is 5.56. The third-order valence-corrected chi connectivity index (χ3v) is 1.73. The largest absolute Gasteiger partial charge is 0.383 e. The smallest absolute Gasteiger partial charge is 0.234 e. The molecule has 0 unspecified atom stereocenters. The van der Waals surface area contributed by atoms with Crippen LogP contribution in [-0.2, 0) is 14.3 Å². The lowest BCUT2D eigenvalue weighted by molar-refractivity contribution is -0.120. The number of ether oxygens (including phenoxy) is 2. The molecule has 16 heavy (non-hydrogen) atoms. The van der Waals surface area contributed by atoms with E-state index in [9.17, 15) is 4.79 Å². The number of hydrogen-bond acceptors (Lipinski definition) is 4. The highest BCUT2D eigenvalue weighted by molar-refractivity contribution is 5.77. The molecule has 96 valence electrons. The highest BCUT2D eigenvalue weighted by atomic mass is 16.5. The molecule has 0 aromatic rings. The molecule has 0 aromatic heterocycles. The zero-order valence-corrected chi connectivity index (χ0v) is 10.8. The van der Waals surface area contributed by atoms with Gasteiger partial charge in [-0.25, -0.2) is 0 Å². The molecular weight excluding hydrogens is 208 g/mol.